The molecule has 0 fully saturated rings. The number of ether oxygens (including phenoxy) is 1. The molecule has 1 heterocycles. The lowest BCUT2D eigenvalue weighted by Gasteiger charge is -1.99. The van der Waals surface area contributed by atoms with Crippen molar-refractivity contribution >= 4 is 16.9 Å². The Morgan fingerprint density at radius 1 is 1.50 bits per heavy atom. The number of rotatable bonds is 2. The zero-order valence-electron chi connectivity index (χ0n) is 7.57. The summed E-state index contributed by atoms with van der Waals surface area (Å²) in [4.78, 5) is 13.7. The topological polar surface area (TPSA) is 62.3 Å². The molecule has 0 radical (unpaired) electrons. The van der Waals surface area contributed by atoms with Crippen molar-refractivity contribution in [2.24, 2.45) is 0 Å². The molecule has 1 aromatic heterocycles. The molecule has 1 aromatic carbocycles. The highest BCUT2D eigenvalue weighted by atomic mass is 16.5. The molecule has 0 unspecified atom stereocenters. The van der Waals surface area contributed by atoms with Gasteiger partial charge in [-0.2, -0.15) is 0 Å². The summed E-state index contributed by atoms with van der Waals surface area (Å²) < 4.78 is 5.02. The molecular weight excluding hydrogens is 182 g/mol. The van der Waals surface area contributed by atoms with Gasteiger partial charge in [-0.1, -0.05) is 0 Å². The van der Waals surface area contributed by atoms with Gasteiger partial charge in [0.15, 0.2) is 0 Å². The van der Waals surface area contributed by atoms with Gasteiger partial charge in [-0.15, -0.1) is 0 Å². The SMILES string of the molecule is COc1ccc2[nH]cc(C(=O)O)c2c1. The first kappa shape index (κ1) is 8.62. The van der Waals surface area contributed by atoms with Crippen molar-refractivity contribution in [2.45, 2.75) is 0 Å². The predicted octanol–water partition coefficient (Wildman–Crippen LogP) is 1.87. The molecule has 72 valence electrons. The molecule has 0 aliphatic heterocycles. The zero-order chi connectivity index (χ0) is 10.1. The number of carboxylic acid groups (broad SMARTS) is 1. The maximum absolute atomic E-state index is 10.8. The highest BCUT2D eigenvalue weighted by molar-refractivity contribution is 6.03. The van der Waals surface area contributed by atoms with Crippen LogP contribution in [0.3, 0.4) is 0 Å². The Bertz CT molecular complexity index is 487. The van der Waals surface area contributed by atoms with E-state index in [-0.39, 0.29) is 5.56 Å². The summed E-state index contributed by atoms with van der Waals surface area (Å²) in [6.45, 7) is 0. The van der Waals surface area contributed by atoms with Gasteiger partial charge in [0.05, 0.1) is 12.7 Å². The Balaban J connectivity index is 2.69. The molecule has 0 amide bonds. The fraction of sp³-hybridized carbons (Fsp3) is 0.100. The number of aromatic nitrogens is 1. The van der Waals surface area contributed by atoms with Gasteiger partial charge in [-0.25, -0.2) is 4.79 Å². The monoisotopic (exact) mass is 191 g/mol. The first-order valence-electron chi connectivity index (χ1n) is 4.11. The number of carboxylic acids is 1. The summed E-state index contributed by atoms with van der Waals surface area (Å²) in [6, 6.07) is 5.28. The second-order valence-corrected chi connectivity index (χ2v) is 2.92. The molecule has 0 aliphatic carbocycles. The summed E-state index contributed by atoms with van der Waals surface area (Å²) in [5.74, 6) is -0.288. The van der Waals surface area contributed by atoms with Gasteiger partial charge >= 0.3 is 5.97 Å². The van der Waals surface area contributed by atoms with E-state index in [2.05, 4.69) is 4.98 Å². The molecule has 4 nitrogen and oxygen atoms in total. The van der Waals surface area contributed by atoms with Crippen LogP contribution in [0.15, 0.2) is 24.4 Å². The van der Waals surface area contributed by atoms with E-state index in [1.165, 1.54) is 6.20 Å². The summed E-state index contributed by atoms with van der Waals surface area (Å²) >= 11 is 0. The van der Waals surface area contributed by atoms with E-state index in [1.54, 1.807) is 25.3 Å². The number of nitrogens with one attached hydrogen (secondary N) is 1. The quantitative estimate of drug-likeness (QED) is 0.761. The van der Waals surface area contributed by atoms with Gasteiger partial charge in [0.25, 0.3) is 0 Å². The largest absolute Gasteiger partial charge is 0.497 e. The molecule has 14 heavy (non-hydrogen) atoms. The van der Waals surface area contributed by atoms with E-state index < -0.39 is 5.97 Å². The van der Waals surface area contributed by atoms with Crippen LogP contribution in [0.2, 0.25) is 0 Å². The minimum Gasteiger partial charge on any atom is -0.497 e. The number of benzene rings is 1. The average molecular weight is 191 g/mol. The number of aromatic carboxylic acids is 1. The highest BCUT2D eigenvalue weighted by Gasteiger charge is 2.10. The average Bonchev–Trinajstić information content (AvgIpc) is 2.59. The van der Waals surface area contributed by atoms with E-state index in [0.29, 0.717) is 11.1 Å². The minimum absolute atomic E-state index is 0.263. The molecule has 4 heteroatoms. The molecule has 0 spiro atoms. The van der Waals surface area contributed by atoms with Gasteiger partial charge < -0.3 is 14.8 Å². The van der Waals surface area contributed by atoms with Gasteiger partial charge in [-0.05, 0) is 18.2 Å². The number of H-pyrrole nitrogens is 1. The van der Waals surface area contributed by atoms with Crippen LogP contribution < -0.4 is 4.74 Å². The zero-order valence-corrected chi connectivity index (χ0v) is 7.57. The second kappa shape index (κ2) is 3.06. The summed E-state index contributed by atoms with van der Waals surface area (Å²) in [6.07, 6.45) is 1.48. The number of methoxy groups -OCH3 is 1. The molecule has 2 aromatic rings. The van der Waals surface area contributed by atoms with E-state index in [1.807, 2.05) is 0 Å². The van der Waals surface area contributed by atoms with Crippen LogP contribution in [0, 0.1) is 0 Å². The van der Waals surface area contributed by atoms with Crippen LogP contribution in [-0.4, -0.2) is 23.2 Å². The fourth-order valence-corrected chi connectivity index (χ4v) is 1.40. The van der Waals surface area contributed by atoms with Gasteiger partial charge in [-0.3, -0.25) is 0 Å². The summed E-state index contributed by atoms with van der Waals surface area (Å²) in [7, 11) is 1.55. The molecular formula is C10H9NO3. The van der Waals surface area contributed by atoms with Gasteiger partial charge in [0.1, 0.15) is 5.75 Å². The van der Waals surface area contributed by atoms with E-state index in [0.717, 1.165) is 5.52 Å². The molecule has 2 N–H and O–H groups in total. The molecule has 0 bridgehead atoms. The standard InChI is InChI=1S/C10H9NO3/c1-14-6-2-3-9-7(4-6)8(5-11-9)10(12)13/h2-5,11H,1H3,(H,12,13). The Labute approximate surface area is 80.1 Å². The number of hydrogen-bond donors (Lipinski definition) is 2. The summed E-state index contributed by atoms with van der Waals surface area (Å²) in [5.41, 5.74) is 1.06. The number of fused-ring (bicyclic) bond motifs is 1. The Hall–Kier alpha value is -1.97. The van der Waals surface area contributed by atoms with E-state index in [4.69, 9.17) is 9.84 Å². The van der Waals surface area contributed by atoms with Crippen molar-refractivity contribution in [1.82, 2.24) is 4.98 Å². The second-order valence-electron chi connectivity index (χ2n) is 2.92. The molecule has 0 saturated heterocycles. The highest BCUT2D eigenvalue weighted by Crippen LogP contribution is 2.23. The minimum atomic E-state index is -0.940. The Morgan fingerprint density at radius 2 is 2.29 bits per heavy atom. The van der Waals surface area contributed by atoms with Crippen molar-refractivity contribution < 1.29 is 14.6 Å². The van der Waals surface area contributed by atoms with Crippen molar-refractivity contribution in [3.8, 4) is 5.75 Å². The molecule has 2 rings (SSSR count). The Kier molecular flexibility index (Phi) is 1.89. The third kappa shape index (κ3) is 1.21. The van der Waals surface area contributed by atoms with E-state index >= 15 is 0 Å². The van der Waals surface area contributed by atoms with Crippen LogP contribution >= 0.6 is 0 Å². The van der Waals surface area contributed by atoms with Crippen LogP contribution in [0.4, 0.5) is 0 Å². The third-order valence-electron chi connectivity index (χ3n) is 2.12. The maximum Gasteiger partial charge on any atom is 0.337 e. The van der Waals surface area contributed by atoms with Crippen LogP contribution in [0.25, 0.3) is 10.9 Å². The number of hydrogen-bond acceptors (Lipinski definition) is 2. The van der Waals surface area contributed by atoms with Crippen molar-refractivity contribution in [2.75, 3.05) is 7.11 Å². The molecule has 0 aliphatic rings. The van der Waals surface area contributed by atoms with Crippen LogP contribution in [0.5, 0.6) is 5.75 Å². The predicted molar refractivity (Wildman–Crippen MR) is 51.8 cm³/mol. The Morgan fingerprint density at radius 3 is 2.93 bits per heavy atom. The molecule has 0 atom stereocenters. The lowest BCUT2D eigenvalue weighted by Crippen LogP contribution is -1.93. The van der Waals surface area contributed by atoms with Crippen molar-refractivity contribution in [3.63, 3.8) is 0 Å². The fourth-order valence-electron chi connectivity index (χ4n) is 1.40. The molecule has 0 saturated carbocycles. The first-order valence-corrected chi connectivity index (χ1v) is 4.11. The van der Waals surface area contributed by atoms with Gasteiger partial charge in [0.2, 0.25) is 0 Å². The lowest BCUT2D eigenvalue weighted by molar-refractivity contribution is 0.0699. The van der Waals surface area contributed by atoms with E-state index in [9.17, 15) is 4.79 Å². The third-order valence-corrected chi connectivity index (χ3v) is 2.12. The lowest BCUT2D eigenvalue weighted by atomic mass is 10.2. The van der Waals surface area contributed by atoms with Crippen molar-refractivity contribution in [3.05, 3.63) is 30.0 Å². The van der Waals surface area contributed by atoms with Gasteiger partial charge in [0, 0.05) is 17.1 Å². The smallest absolute Gasteiger partial charge is 0.337 e. The van der Waals surface area contributed by atoms with Crippen LogP contribution in [-0.2, 0) is 0 Å². The number of carbonyl (C=O) groups is 1. The van der Waals surface area contributed by atoms with Crippen molar-refractivity contribution in [1.29, 1.82) is 0 Å². The maximum atomic E-state index is 10.8. The van der Waals surface area contributed by atoms with Crippen LogP contribution in [0.1, 0.15) is 10.4 Å². The number of aromatic amines is 1. The first-order chi connectivity index (χ1) is 6.72. The normalized spacial score (nSPS) is 10.4. The summed E-state index contributed by atoms with van der Waals surface area (Å²) in [5, 5.41) is 9.54.